The summed E-state index contributed by atoms with van der Waals surface area (Å²) in [4.78, 5) is 39.0. The zero-order valence-electron chi connectivity index (χ0n) is 27.3. The Kier molecular flexibility index (Phi) is 15.2. The number of rotatable bonds is 15. The Morgan fingerprint density at radius 2 is 1.45 bits per heavy atom. The number of carbonyl (C=O) groups is 3. The van der Waals surface area contributed by atoms with Crippen molar-refractivity contribution in [1.82, 2.24) is 10.4 Å². The van der Waals surface area contributed by atoms with Crippen molar-refractivity contribution in [2.45, 2.75) is 104 Å². The summed E-state index contributed by atoms with van der Waals surface area (Å²) in [6.07, 6.45) is 3.87. The molecule has 0 aromatic heterocycles. The van der Waals surface area contributed by atoms with E-state index in [0.29, 0.717) is 6.42 Å². The highest BCUT2D eigenvalue weighted by atomic mass is 28.4. The van der Waals surface area contributed by atoms with Crippen LogP contribution in [0.3, 0.4) is 0 Å². The molecular weight excluding hydrogens is 576 g/mol. The van der Waals surface area contributed by atoms with Crippen molar-refractivity contribution in [3.05, 3.63) is 83.9 Å². The summed E-state index contributed by atoms with van der Waals surface area (Å²) in [5.41, 5.74) is 4.16. The predicted molar refractivity (Wildman–Crippen MR) is 174 cm³/mol. The van der Waals surface area contributed by atoms with E-state index in [4.69, 9.17) is 18.6 Å². The summed E-state index contributed by atoms with van der Waals surface area (Å²) in [6, 6.07) is 17.7. The number of ether oxygens (including phenoxy) is 3. The maximum Gasteiger partial charge on any atom is 0.429 e. The summed E-state index contributed by atoms with van der Waals surface area (Å²) in [7, 11) is -2.21. The van der Waals surface area contributed by atoms with Crippen LogP contribution in [0.25, 0.3) is 0 Å². The van der Waals surface area contributed by atoms with Gasteiger partial charge >= 0.3 is 18.2 Å². The second-order valence-electron chi connectivity index (χ2n) is 12.1. The molecule has 10 heteroatoms. The van der Waals surface area contributed by atoms with E-state index in [1.54, 1.807) is 13.0 Å². The molecular formula is C34H50N2O7Si. The van der Waals surface area contributed by atoms with Crippen LogP contribution < -0.4 is 5.43 Å². The summed E-state index contributed by atoms with van der Waals surface area (Å²) in [5.74, 6) is -0.558. The Labute approximate surface area is 264 Å². The molecule has 2 amide bonds. The van der Waals surface area contributed by atoms with Crippen LogP contribution in [0.1, 0.15) is 71.4 Å². The van der Waals surface area contributed by atoms with E-state index < -0.39 is 32.5 Å². The van der Waals surface area contributed by atoms with E-state index in [1.807, 2.05) is 60.7 Å². The lowest BCUT2D eigenvalue weighted by molar-refractivity contribution is -0.137. The highest BCUT2D eigenvalue weighted by Gasteiger charge is 2.40. The van der Waals surface area contributed by atoms with Crippen LogP contribution in [-0.2, 0) is 36.6 Å². The monoisotopic (exact) mass is 626 g/mol. The van der Waals surface area contributed by atoms with Crippen molar-refractivity contribution < 1.29 is 33.0 Å². The van der Waals surface area contributed by atoms with Gasteiger partial charge in [-0.25, -0.2) is 24.8 Å². The number of esters is 1. The van der Waals surface area contributed by atoms with Crippen molar-refractivity contribution >= 4 is 26.5 Å². The second-order valence-corrected chi connectivity index (χ2v) is 16.9. The second kappa shape index (κ2) is 18.2. The molecule has 2 rings (SSSR count). The molecule has 0 aliphatic carbocycles. The molecule has 2 aromatic carbocycles. The molecule has 0 saturated carbocycles. The average molecular weight is 627 g/mol. The Bertz CT molecular complexity index is 1180. The summed E-state index contributed by atoms with van der Waals surface area (Å²) >= 11 is 0. The van der Waals surface area contributed by atoms with Crippen LogP contribution >= 0.6 is 0 Å². The Hall–Kier alpha value is -3.63. The van der Waals surface area contributed by atoms with E-state index in [0.717, 1.165) is 35.4 Å². The predicted octanol–water partition coefficient (Wildman–Crippen LogP) is 7.93. The molecule has 0 saturated heterocycles. The standard InChI is InChI=1S/C34H50N2O7Si/c1-8-10-21-30(43-44(6,7)34(3,4)5)24-29(22-23-31(37)40-9-2)36(33(39)42-26-28-19-15-12-16-20-28)35-32(38)41-25-27-17-13-11-14-18-27/h11-20,22-23,29-30H,8-10,21,24-26H2,1-7H3,(H,35,38)/b23-22+/t29-,30+/m0/s1. The molecule has 0 spiro atoms. The maximum absolute atomic E-state index is 13.6. The average Bonchev–Trinajstić information content (AvgIpc) is 2.99. The van der Waals surface area contributed by atoms with Gasteiger partial charge in [-0.05, 0) is 49.0 Å². The molecule has 0 aliphatic heterocycles. The van der Waals surface area contributed by atoms with E-state index in [2.05, 4.69) is 46.2 Å². The van der Waals surface area contributed by atoms with Crippen LogP contribution in [0.4, 0.5) is 9.59 Å². The van der Waals surface area contributed by atoms with Gasteiger partial charge in [-0.15, -0.1) is 0 Å². The first-order valence-electron chi connectivity index (χ1n) is 15.4. The largest absolute Gasteiger partial charge is 0.463 e. The van der Waals surface area contributed by atoms with Crippen molar-refractivity contribution in [3.8, 4) is 0 Å². The van der Waals surface area contributed by atoms with Gasteiger partial charge in [0.1, 0.15) is 13.2 Å². The molecule has 1 N–H and O–H groups in total. The van der Waals surface area contributed by atoms with E-state index in [9.17, 15) is 14.4 Å². The van der Waals surface area contributed by atoms with Gasteiger partial charge in [-0.2, -0.15) is 0 Å². The fourth-order valence-electron chi connectivity index (χ4n) is 4.08. The first kappa shape index (κ1) is 36.6. The lowest BCUT2D eigenvalue weighted by Gasteiger charge is -2.40. The van der Waals surface area contributed by atoms with Crippen molar-refractivity contribution in [2.75, 3.05) is 6.61 Å². The molecule has 0 fully saturated rings. The molecule has 2 aromatic rings. The SMILES string of the molecule is CCCC[C@H](C[C@H](/C=C/C(=O)OCC)N(NC(=O)OCc1ccccc1)C(=O)OCc1ccccc1)O[Si](C)(C)C(C)(C)C. The van der Waals surface area contributed by atoms with Crippen LogP contribution in [0, 0.1) is 0 Å². The fourth-order valence-corrected chi connectivity index (χ4v) is 5.48. The quantitative estimate of drug-likeness (QED) is 0.0704. The molecule has 44 heavy (non-hydrogen) atoms. The number of carbonyl (C=O) groups excluding carboxylic acids is 3. The van der Waals surface area contributed by atoms with Gasteiger partial charge in [-0.3, -0.25) is 0 Å². The Balaban J connectivity index is 2.41. The molecule has 0 unspecified atom stereocenters. The molecule has 0 bridgehead atoms. The first-order chi connectivity index (χ1) is 20.9. The lowest BCUT2D eigenvalue weighted by atomic mass is 10.0. The molecule has 0 radical (unpaired) electrons. The minimum Gasteiger partial charge on any atom is -0.463 e. The maximum atomic E-state index is 13.6. The van der Waals surface area contributed by atoms with Gasteiger partial charge in [0.25, 0.3) is 0 Å². The zero-order valence-corrected chi connectivity index (χ0v) is 28.3. The summed E-state index contributed by atoms with van der Waals surface area (Å²) < 4.78 is 23.0. The van der Waals surface area contributed by atoms with Crippen LogP contribution in [-0.4, -0.2) is 50.2 Å². The molecule has 0 aliphatic rings. The van der Waals surface area contributed by atoms with Crippen molar-refractivity contribution in [1.29, 1.82) is 0 Å². The number of amides is 2. The minimum absolute atomic E-state index is 0.00897. The van der Waals surface area contributed by atoms with Gasteiger partial charge in [0.15, 0.2) is 8.32 Å². The number of hydrazine groups is 1. The number of hydrogen-bond acceptors (Lipinski definition) is 7. The van der Waals surface area contributed by atoms with Crippen LogP contribution in [0.15, 0.2) is 72.8 Å². The third-order valence-corrected chi connectivity index (χ3v) is 12.1. The smallest absolute Gasteiger partial charge is 0.429 e. The molecule has 9 nitrogen and oxygen atoms in total. The number of nitrogens with zero attached hydrogens (tertiary/aromatic N) is 1. The Morgan fingerprint density at radius 1 is 0.886 bits per heavy atom. The topological polar surface area (TPSA) is 103 Å². The van der Waals surface area contributed by atoms with Gasteiger partial charge in [-0.1, -0.05) is 107 Å². The van der Waals surface area contributed by atoms with E-state index in [-0.39, 0.29) is 31.0 Å². The zero-order chi connectivity index (χ0) is 32.6. The third-order valence-electron chi connectivity index (χ3n) is 7.55. The van der Waals surface area contributed by atoms with E-state index in [1.165, 1.54) is 6.08 Å². The lowest BCUT2D eigenvalue weighted by Crippen LogP contribution is -2.53. The number of benzene rings is 2. The van der Waals surface area contributed by atoms with Crippen molar-refractivity contribution in [2.24, 2.45) is 0 Å². The third kappa shape index (κ3) is 12.9. The fraction of sp³-hybridized carbons (Fsp3) is 0.500. The van der Waals surface area contributed by atoms with Gasteiger partial charge < -0.3 is 18.6 Å². The highest BCUT2D eigenvalue weighted by molar-refractivity contribution is 6.74. The molecule has 242 valence electrons. The number of nitrogens with one attached hydrogen (secondary N) is 1. The van der Waals surface area contributed by atoms with Crippen LogP contribution in [0.5, 0.6) is 0 Å². The van der Waals surface area contributed by atoms with Crippen LogP contribution in [0.2, 0.25) is 18.1 Å². The van der Waals surface area contributed by atoms with Gasteiger partial charge in [0.2, 0.25) is 0 Å². The van der Waals surface area contributed by atoms with Crippen molar-refractivity contribution in [3.63, 3.8) is 0 Å². The molecule has 0 heterocycles. The minimum atomic E-state index is -2.21. The first-order valence-corrected chi connectivity index (χ1v) is 18.3. The normalized spacial score (nSPS) is 13.2. The highest BCUT2D eigenvalue weighted by Crippen LogP contribution is 2.38. The summed E-state index contributed by atoms with van der Waals surface area (Å²) in [5, 5.41) is 1.04. The summed E-state index contributed by atoms with van der Waals surface area (Å²) in [6.45, 7) is 14.9. The molecule has 2 atom stereocenters. The Morgan fingerprint density at radius 3 is 1.98 bits per heavy atom. The number of hydrogen-bond donors (Lipinski definition) is 1. The van der Waals surface area contributed by atoms with Gasteiger partial charge in [0, 0.05) is 12.2 Å². The van der Waals surface area contributed by atoms with Gasteiger partial charge in [0.05, 0.1) is 12.6 Å². The van der Waals surface area contributed by atoms with E-state index >= 15 is 0 Å². The number of unbranched alkanes of at least 4 members (excludes halogenated alkanes) is 1.